The number of fused-ring (bicyclic) bond motifs is 1. The van der Waals surface area contributed by atoms with Crippen LogP contribution in [0.3, 0.4) is 0 Å². The van der Waals surface area contributed by atoms with E-state index in [1.54, 1.807) is 24.3 Å². The standard InChI is InChI=1S/C20H23N3O9/c1-10(24)28-9-16-17(29-11(2)25)18(30-12(3)26)19(31-13(4)27)20(32-16)23-15-8-6-5-7-14(15)21-22-23/h5-8,16-20H,9H2,1-4H3/t16-,17-,18+,19-,20-/m1/s1. The molecule has 172 valence electrons. The lowest BCUT2D eigenvalue weighted by Gasteiger charge is -2.44. The molecule has 0 spiro atoms. The number of aromatic nitrogens is 3. The van der Waals surface area contributed by atoms with Gasteiger partial charge < -0.3 is 23.7 Å². The maximum Gasteiger partial charge on any atom is 0.303 e. The van der Waals surface area contributed by atoms with Crippen molar-refractivity contribution in [1.29, 1.82) is 0 Å². The van der Waals surface area contributed by atoms with Crippen LogP contribution in [-0.2, 0) is 42.9 Å². The fourth-order valence-electron chi connectivity index (χ4n) is 3.48. The molecular weight excluding hydrogens is 426 g/mol. The number of para-hydroxylation sites is 1. The molecule has 2 aromatic rings. The number of carbonyl (C=O) groups excluding carboxylic acids is 4. The summed E-state index contributed by atoms with van der Waals surface area (Å²) in [5.74, 6) is -2.69. The zero-order valence-electron chi connectivity index (χ0n) is 17.9. The molecule has 1 saturated heterocycles. The molecule has 0 aliphatic carbocycles. The Hall–Kier alpha value is -3.54. The molecule has 2 heterocycles. The molecular formula is C20H23N3O9. The Kier molecular flexibility index (Phi) is 7.03. The van der Waals surface area contributed by atoms with Gasteiger partial charge >= 0.3 is 23.9 Å². The van der Waals surface area contributed by atoms with Crippen LogP contribution in [-0.4, -0.2) is 69.9 Å². The number of nitrogens with zero attached hydrogens (tertiary/aromatic N) is 3. The van der Waals surface area contributed by atoms with Crippen molar-refractivity contribution in [1.82, 2.24) is 15.0 Å². The number of esters is 4. The molecule has 32 heavy (non-hydrogen) atoms. The number of rotatable bonds is 6. The predicted molar refractivity (Wildman–Crippen MR) is 105 cm³/mol. The first-order valence-corrected chi connectivity index (χ1v) is 9.77. The Morgan fingerprint density at radius 1 is 0.875 bits per heavy atom. The minimum absolute atomic E-state index is 0.318. The Morgan fingerprint density at radius 2 is 1.47 bits per heavy atom. The summed E-state index contributed by atoms with van der Waals surface area (Å²) in [6, 6.07) is 6.98. The Morgan fingerprint density at radius 3 is 2.09 bits per heavy atom. The van der Waals surface area contributed by atoms with Gasteiger partial charge in [-0.15, -0.1) is 5.10 Å². The third-order valence-corrected chi connectivity index (χ3v) is 4.58. The summed E-state index contributed by atoms with van der Waals surface area (Å²) in [4.78, 5) is 47.0. The lowest BCUT2D eigenvalue weighted by molar-refractivity contribution is -0.269. The van der Waals surface area contributed by atoms with Gasteiger partial charge in [0.1, 0.15) is 18.2 Å². The highest BCUT2D eigenvalue weighted by molar-refractivity contribution is 5.74. The summed E-state index contributed by atoms with van der Waals surface area (Å²) in [5.41, 5.74) is 1.09. The summed E-state index contributed by atoms with van der Waals surface area (Å²) in [5, 5.41) is 8.17. The van der Waals surface area contributed by atoms with Gasteiger partial charge in [0.05, 0.1) is 5.52 Å². The number of hydrogen-bond donors (Lipinski definition) is 0. The van der Waals surface area contributed by atoms with Crippen LogP contribution in [0.2, 0.25) is 0 Å². The largest absolute Gasteiger partial charge is 0.463 e. The maximum absolute atomic E-state index is 11.9. The van der Waals surface area contributed by atoms with Crippen LogP contribution in [0.15, 0.2) is 24.3 Å². The van der Waals surface area contributed by atoms with E-state index < -0.39 is 54.5 Å². The highest BCUT2D eigenvalue weighted by Crippen LogP contribution is 2.35. The van der Waals surface area contributed by atoms with Crippen LogP contribution in [0.25, 0.3) is 11.0 Å². The second kappa shape index (κ2) is 9.73. The Labute approximate surface area is 182 Å². The zero-order valence-corrected chi connectivity index (χ0v) is 17.9. The number of carbonyl (C=O) groups is 4. The van der Waals surface area contributed by atoms with E-state index in [-0.39, 0.29) is 6.61 Å². The minimum atomic E-state index is -1.28. The molecule has 1 fully saturated rings. The van der Waals surface area contributed by atoms with Gasteiger partial charge in [0.15, 0.2) is 24.5 Å². The first-order chi connectivity index (χ1) is 15.2. The molecule has 1 aliphatic rings. The van der Waals surface area contributed by atoms with Gasteiger partial charge in [-0.05, 0) is 12.1 Å². The Balaban J connectivity index is 2.10. The molecule has 1 aromatic carbocycles. The van der Waals surface area contributed by atoms with Crippen LogP contribution in [0.5, 0.6) is 0 Å². The fourth-order valence-corrected chi connectivity index (χ4v) is 3.48. The molecule has 1 aromatic heterocycles. The maximum atomic E-state index is 11.9. The Bertz CT molecular complexity index is 1020. The summed E-state index contributed by atoms with van der Waals surface area (Å²) in [6.07, 6.45) is -5.96. The van der Waals surface area contributed by atoms with Crippen molar-refractivity contribution < 1.29 is 42.9 Å². The van der Waals surface area contributed by atoms with Gasteiger partial charge in [0, 0.05) is 27.7 Å². The van der Waals surface area contributed by atoms with Crippen LogP contribution < -0.4 is 0 Å². The van der Waals surface area contributed by atoms with E-state index in [0.29, 0.717) is 11.0 Å². The van der Waals surface area contributed by atoms with Gasteiger partial charge in [-0.3, -0.25) is 19.2 Å². The first kappa shape index (κ1) is 23.1. The van der Waals surface area contributed by atoms with Crippen molar-refractivity contribution in [3.8, 4) is 0 Å². The number of benzene rings is 1. The molecule has 0 N–H and O–H groups in total. The summed E-state index contributed by atoms with van der Waals surface area (Å²) in [7, 11) is 0. The molecule has 0 bridgehead atoms. The highest BCUT2D eigenvalue weighted by atomic mass is 16.7. The fraction of sp³-hybridized carbons (Fsp3) is 0.500. The molecule has 5 atom stereocenters. The SMILES string of the molecule is CC(=O)OC[C@H]1O[C@@H](n2nnc3ccccc32)[C@H](OC(C)=O)[C@@H](OC(C)=O)[C@@H]1OC(C)=O. The number of hydrogen-bond acceptors (Lipinski definition) is 11. The first-order valence-electron chi connectivity index (χ1n) is 9.77. The van der Waals surface area contributed by atoms with Gasteiger partial charge in [-0.25, -0.2) is 4.68 Å². The van der Waals surface area contributed by atoms with Crippen molar-refractivity contribution >= 4 is 34.9 Å². The highest BCUT2D eigenvalue weighted by Gasteiger charge is 2.53. The van der Waals surface area contributed by atoms with Crippen molar-refractivity contribution in [3.63, 3.8) is 0 Å². The molecule has 3 rings (SSSR count). The van der Waals surface area contributed by atoms with Crippen molar-refractivity contribution in [2.45, 2.75) is 58.3 Å². The van der Waals surface area contributed by atoms with E-state index in [1.165, 1.54) is 18.5 Å². The molecule has 0 radical (unpaired) electrons. The van der Waals surface area contributed by atoms with E-state index >= 15 is 0 Å². The zero-order chi connectivity index (χ0) is 23.4. The topological polar surface area (TPSA) is 145 Å². The van der Waals surface area contributed by atoms with Gasteiger partial charge in [-0.1, -0.05) is 17.3 Å². The van der Waals surface area contributed by atoms with Gasteiger partial charge in [0.25, 0.3) is 0 Å². The molecule has 0 unspecified atom stereocenters. The van der Waals surface area contributed by atoms with Crippen molar-refractivity contribution in [2.24, 2.45) is 0 Å². The van der Waals surface area contributed by atoms with Gasteiger partial charge in [0.2, 0.25) is 0 Å². The summed E-state index contributed by atoms with van der Waals surface area (Å²) >= 11 is 0. The third kappa shape index (κ3) is 5.19. The minimum Gasteiger partial charge on any atom is -0.463 e. The molecule has 0 saturated carbocycles. The van der Waals surface area contributed by atoms with Crippen LogP contribution in [0, 0.1) is 0 Å². The lowest BCUT2D eigenvalue weighted by atomic mass is 9.97. The average molecular weight is 449 g/mol. The van der Waals surface area contributed by atoms with E-state index in [9.17, 15) is 19.2 Å². The average Bonchev–Trinajstić information content (AvgIpc) is 3.12. The lowest BCUT2D eigenvalue weighted by Crippen LogP contribution is -2.60. The van der Waals surface area contributed by atoms with Gasteiger partial charge in [-0.2, -0.15) is 0 Å². The predicted octanol–water partition coefficient (Wildman–Crippen LogP) is 0.687. The molecule has 0 amide bonds. The van der Waals surface area contributed by atoms with E-state index in [1.807, 2.05) is 0 Å². The quantitative estimate of drug-likeness (QED) is 0.453. The molecule has 12 nitrogen and oxygen atoms in total. The van der Waals surface area contributed by atoms with Crippen molar-refractivity contribution in [2.75, 3.05) is 6.61 Å². The number of ether oxygens (including phenoxy) is 5. The third-order valence-electron chi connectivity index (χ3n) is 4.58. The van der Waals surface area contributed by atoms with Crippen molar-refractivity contribution in [3.05, 3.63) is 24.3 Å². The molecule has 12 heteroatoms. The van der Waals surface area contributed by atoms with E-state index in [0.717, 1.165) is 13.8 Å². The smallest absolute Gasteiger partial charge is 0.303 e. The van der Waals surface area contributed by atoms with Crippen LogP contribution in [0.1, 0.15) is 33.9 Å². The van der Waals surface area contributed by atoms with Crippen LogP contribution >= 0.6 is 0 Å². The second-order valence-corrected chi connectivity index (χ2v) is 7.11. The van der Waals surface area contributed by atoms with E-state index in [2.05, 4.69) is 10.3 Å². The monoisotopic (exact) mass is 449 g/mol. The van der Waals surface area contributed by atoms with Crippen LogP contribution in [0.4, 0.5) is 0 Å². The normalized spacial score (nSPS) is 25.1. The second-order valence-electron chi connectivity index (χ2n) is 7.11. The molecule has 1 aliphatic heterocycles. The summed E-state index contributed by atoms with van der Waals surface area (Å²) < 4.78 is 28.7. The summed E-state index contributed by atoms with van der Waals surface area (Å²) in [6.45, 7) is 4.38. The van der Waals surface area contributed by atoms with E-state index in [4.69, 9.17) is 23.7 Å².